The Labute approximate surface area is 276 Å². The van der Waals surface area contributed by atoms with Crippen molar-refractivity contribution in [3.8, 4) is 57.1 Å². The second-order valence-corrected chi connectivity index (χ2v) is 11.7. The van der Waals surface area contributed by atoms with Crippen LogP contribution >= 0.6 is 0 Å². The highest BCUT2D eigenvalue weighted by molar-refractivity contribution is 6.09. The topological polar surface area (TPSA) is 301 Å². The van der Waals surface area contributed by atoms with Crippen molar-refractivity contribution in [2.45, 2.75) is 30.5 Å². The molecule has 50 heavy (non-hydrogen) atoms. The van der Waals surface area contributed by atoms with Gasteiger partial charge in [0.1, 0.15) is 86.6 Å². The lowest BCUT2D eigenvalue weighted by molar-refractivity contribution is -0.232. The van der Waals surface area contributed by atoms with Gasteiger partial charge in [-0.3, -0.25) is 9.59 Å². The second-order valence-electron chi connectivity index (χ2n) is 11.7. The molecule has 0 aliphatic carbocycles. The number of fused-ring (bicyclic) bond motifs is 4. The number of rotatable bonds is 4. The largest absolute Gasteiger partial charge is 0.507 e. The molecule has 0 saturated carbocycles. The van der Waals surface area contributed by atoms with Crippen LogP contribution in [0, 0.1) is 0 Å². The van der Waals surface area contributed by atoms with E-state index in [4.69, 9.17) is 18.3 Å². The van der Waals surface area contributed by atoms with E-state index < -0.39 is 143 Å². The molecule has 1 fully saturated rings. The number of ether oxygens (including phenoxy) is 2. The van der Waals surface area contributed by atoms with E-state index in [9.17, 15) is 65.8 Å². The molecule has 0 bridgehead atoms. The molecule has 0 spiro atoms. The number of benzene rings is 4. The van der Waals surface area contributed by atoms with Gasteiger partial charge in [-0.1, -0.05) is 0 Å². The van der Waals surface area contributed by atoms with Crippen LogP contribution in [0.1, 0.15) is 11.7 Å². The predicted molar refractivity (Wildman–Crippen MR) is 170 cm³/mol. The smallest absolute Gasteiger partial charge is 0.208 e. The van der Waals surface area contributed by atoms with Crippen LogP contribution in [0.5, 0.6) is 46.0 Å². The van der Waals surface area contributed by atoms with Crippen molar-refractivity contribution in [2.24, 2.45) is 0 Å². The van der Waals surface area contributed by atoms with Gasteiger partial charge in [-0.2, -0.15) is 0 Å². The van der Waals surface area contributed by atoms with Crippen LogP contribution in [0.4, 0.5) is 0 Å². The molecular formula is C33H26O17. The van der Waals surface area contributed by atoms with Crippen molar-refractivity contribution in [3.63, 3.8) is 0 Å². The summed E-state index contributed by atoms with van der Waals surface area (Å²) in [5.74, 6) is -6.09. The maximum atomic E-state index is 13.9. The molecule has 0 amide bonds. The minimum atomic E-state index is -2.12. The first-order chi connectivity index (χ1) is 23.7. The normalized spacial score (nSPS) is 21.0. The minimum absolute atomic E-state index is 0.0839. The van der Waals surface area contributed by atoms with Gasteiger partial charge < -0.3 is 74.5 Å². The van der Waals surface area contributed by atoms with Gasteiger partial charge in [0.25, 0.3) is 0 Å². The molecule has 6 aromatic rings. The number of hydrogen-bond donors (Lipinski definition) is 11. The number of aliphatic hydroxyl groups is 4. The van der Waals surface area contributed by atoms with Crippen molar-refractivity contribution >= 4 is 43.9 Å². The van der Waals surface area contributed by atoms with E-state index in [0.29, 0.717) is 0 Å². The Bertz CT molecular complexity index is 2530. The lowest BCUT2D eigenvalue weighted by Crippen LogP contribution is -2.55. The maximum absolute atomic E-state index is 13.9. The number of aromatic hydroxyl groups is 7. The molecule has 11 N–H and O–H groups in total. The lowest BCUT2D eigenvalue weighted by Gasteiger charge is -2.40. The van der Waals surface area contributed by atoms with Crippen LogP contribution in [0.25, 0.3) is 55.0 Å². The molecule has 0 radical (unpaired) electrons. The zero-order valence-corrected chi connectivity index (χ0v) is 25.3. The molecule has 4 aromatic carbocycles. The average molecular weight is 695 g/mol. The predicted octanol–water partition coefficient (Wildman–Crippen LogP) is 1.34. The first kappa shape index (κ1) is 32.6. The molecule has 17 nitrogen and oxygen atoms in total. The van der Waals surface area contributed by atoms with Gasteiger partial charge in [-0.25, -0.2) is 0 Å². The Morgan fingerprint density at radius 2 is 1.32 bits per heavy atom. The fourth-order valence-electron chi connectivity index (χ4n) is 6.34. The third-order valence-electron chi connectivity index (χ3n) is 8.83. The van der Waals surface area contributed by atoms with Crippen LogP contribution < -0.4 is 15.6 Å². The lowest BCUT2D eigenvalue weighted by atomic mass is 9.86. The summed E-state index contributed by atoms with van der Waals surface area (Å²) in [6.07, 6.45) is -9.58. The Hall–Kier alpha value is -5.98. The van der Waals surface area contributed by atoms with E-state index in [1.165, 1.54) is 13.2 Å². The zero-order valence-electron chi connectivity index (χ0n) is 25.3. The van der Waals surface area contributed by atoms with Crippen molar-refractivity contribution in [3.05, 3.63) is 56.3 Å². The zero-order chi connectivity index (χ0) is 36.1. The first-order valence-corrected chi connectivity index (χ1v) is 14.6. The molecule has 17 heteroatoms. The maximum Gasteiger partial charge on any atom is 0.208 e. The minimum Gasteiger partial charge on any atom is -0.507 e. The molecule has 0 unspecified atom stereocenters. The molecule has 260 valence electrons. The highest BCUT2D eigenvalue weighted by Gasteiger charge is 2.47. The summed E-state index contributed by atoms with van der Waals surface area (Å²) in [4.78, 5) is 27.7. The van der Waals surface area contributed by atoms with Gasteiger partial charge in [-0.05, 0) is 12.1 Å². The second kappa shape index (κ2) is 11.3. The highest BCUT2D eigenvalue weighted by atomic mass is 16.5. The summed E-state index contributed by atoms with van der Waals surface area (Å²) in [5, 5.41) is 116. The first-order valence-electron chi connectivity index (χ1n) is 14.6. The van der Waals surface area contributed by atoms with Crippen molar-refractivity contribution in [2.75, 3.05) is 13.7 Å². The van der Waals surface area contributed by atoms with E-state index in [-0.39, 0.29) is 11.3 Å². The summed E-state index contributed by atoms with van der Waals surface area (Å²) in [6.45, 7) is -0.916. The quantitative estimate of drug-likeness (QED) is 0.0704. The molecule has 3 heterocycles. The van der Waals surface area contributed by atoms with Crippen LogP contribution in [0.3, 0.4) is 0 Å². The number of phenolic OH excluding ortho intramolecular Hbond substituents is 7. The van der Waals surface area contributed by atoms with Crippen LogP contribution in [-0.2, 0) is 4.74 Å². The third kappa shape index (κ3) is 4.45. The molecular weight excluding hydrogens is 668 g/mol. The molecule has 1 aliphatic heterocycles. The molecule has 2 aromatic heterocycles. The van der Waals surface area contributed by atoms with Crippen molar-refractivity contribution in [1.82, 2.24) is 0 Å². The van der Waals surface area contributed by atoms with Gasteiger partial charge >= 0.3 is 0 Å². The van der Waals surface area contributed by atoms with Gasteiger partial charge in [0.2, 0.25) is 10.9 Å². The summed E-state index contributed by atoms with van der Waals surface area (Å²) < 4.78 is 22.1. The van der Waals surface area contributed by atoms with Gasteiger partial charge in [0.05, 0.1) is 30.2 Å². The standard InChI is InChI=1S/C33H26O17/c1-47-8-2-13(37)19-16(3-8)49-31-14(38)5-10(24(40)20(31)27(19)43)18-26(42)22(33-30(46)29(45)25(41)17(7-34)50-33)28(44)21-23(39)9-4-11(35)12(36)6-15(9)48-32(18)21/h2-6,17,25,29-30,33-38,40-42,44-46H,7H2,1H3/t17-,25+,29-,30-,33+/m1/s1. The molecule has 1 saturated heterocycles. The van der Waals surface area contributed by atoms with Gasteiger partial charge in [0.15, 0.2) is 28.4 Å². The Morgan fingerprint density at radius 1 is 0.660 bits per heavy atom. The average Bonchev–Trinajstić information content (AvgIpc) is 3.07. The van der Waals surface area contributed by atoms with Crippen LogP contribution in [0.2, 0.25) is 0 Å². The van der Waals surface area contributed by atoms with Crippen molar-refractivity contribution in [1.29, 1.82) is 0 Å². The van der Waals surface area contributed by atoms with Gasteiger partial charge in [0, 0.05) is 23.8 Å². The fourth-order valence-corrected chi connectivity index (χ4v) is 6.34. The van der Waals surface area contributed by atoms with Gasteiger partial charge in [-0.15, -0.1) is 0 Å². The van der Waals surface area contributed by atoms with E-state index >= 15 is 0 Å². The van der Waals surface area contributed by atoms with Crippen LogP contribution in [-0.4, -0.2) is 94.3 Å². The Kier molecular flexibility index (Phi) is 7.35. The molecule has 5 atom stereocenters. The summed E-state index contributed by atoms with van der Waals surface area (Å²) in [6, 6.07) is 4.77. The number of phenols is 7. The van der Waals surface area contributed by atoms with E-state index in [1.54, 1.807) is 0 Å². The number of aliphatic hydroxyl groups excluding tert-OH is 4. The van der Waals surface area contributed by atoms with Crippen LogP contribution in [0.15, 0.2) is 48.8 Å². The van der Waals surface area contributed by atoms with Crippen molar-refractivity contribution < 1.29 is 74.5 Å². The van der Waals surface area contributed by atoms with E-state index in [0.717, 1.165) is 24.3 Å². The van der Waals surface area contributed by atoms with E-state index in [2.05, 4.69) is 0 Å². The number of methoxy groups -OCH3 is 1. The van der Waals surface area contributed by atoms with E-state index in [1.807, 2.05) is 0 Å². The summed E-state index contributed by atoms with van der Waals surface area (Å²) >= 11 is 0. The molecule has 7 rings (SSSR count). The Morgan fingerprint density at radius 3 is 2.00 bits per heavy atom. The fraction of sp³-hybridized carbons (Fsp3) is 0.212. The summed E-state index contributed by atoms with van der Waals surface area (Å²) in [7, 11) is 1.29. The Balaban J connectivity index is 1.65. The SMILES string of the molecule is COc1cc(O)c2c(=O)c3c(O)c(-c4c(O)c([C@@H]5O[C@H](CO)[C@H](O)[C@@H](O)[C@H]5O)c(O)c5c(=O)c6cc(O)c(O)cc6oc45)cc(O)c3oc2c1. The number of hydrogen-bond acceptors (Lipinski definition) is 17. The highest BCUT2D eigenvalue weighted by Crippen LogP contribution is 2.53. The monoisotopic (exact) mass is 694 g/mol. The third-order valence-corrected chi connectivity index (χ3v) is 8.83. The summed E-state index contributed by atoms with van der Waals surface area (Å²) in [5.41, 5.74) is -6.32. The molecule has 1 aliphatic rings.